The summed E-state index contributed by atoms with van der Waals surface area (Å²) >= 11 is 1.53. The average molecular weight is 419 g/mol. The predicted molar refractivity (Wildman–Crippen MR) is 126 cm³/mol. The lowest BCUT2D eigenvalue weighted by molar-refractivity contribution is 0.974. The van der Waals surface area contributed by atoms with Crippen LogP contribution in [0.2, 0.25) is 0 Å². The van der Waals surface area contributed by atoms with Crippen LogP contribution < -0.4 is 0 Å². The van der Waals surface area contributed by atoms with Crippen molar-refractivity contribution in [2.75, 3.05) is 6.26 Å². The highest BCUT2D eigenvalue weighted by molar-refractivity contribution is 7.98. The fourth-order valence-electron chi connectivity index (χ4n) is 3.66. The van der Waals surface area contributed by atoms with E-state index in [1.807, 2.05) is 59.5 Å². The molecule has 2 aromatic heterocycles. The van der Waals surface area contributed by atoms with Crippen molar-refractivity contribution in [1.29, 1.82) is 5.26 Å². The van der Waals surface area contributed by atoms with E-state index in [9.17, 15) is 0 Å². The lowest BCUT2D eigenvalue weighted by atomic mass is 10.0. The Morgan fingerprint density at radius 3 is 2.13 bits per heavy atom. The maximum atomic E-state index is 9.07. The van der Waals surface area contributed by atoms with Crippen LogP contribution in [0, 0.1) is 11.3 Å². The van der Waals surface area contributed by atoms with Crippen LogP contribution in [0.25, 0.3) is 39.1 Å². The van der Waals surface area contributed by atoms with Gasteiger partial charge < -0.3 is 4.57 Å². The van der Waals surface area contributed by atoms with E-state index >= 15 is 0 Å². The van der Waals surface area contributed by atoms with E-state index in [0.29, 0.717) is 5.56 Å². The van der Waals surface area contributed by atoms with Crippen LogP contribution in [0.15, 0.2) is 96.3 Å². The molecule has 0 unspecified atom stereocenters. The molecule has 2 heterocycles. The Balaban J connectivity index is 1.62. The molecule has 0 N–H and O–H groups in total. The summed E-state index contributed by atoms with van der Waals surface area (Å²) in [4.78, 5) is 9.60. The lowest BCUT2D eigenvalue weighted by Crippen LogP contribution is -1.98. The molecule has 4 nitrogen and oxygen atoms in total. The highest BCUT2D eigenvalue weighted by Crippen LogP contribution is 2.32. The number of hydrogen-bond acceptors (Lipinski definition) is 4. The SMILES string of the molecule is CSc1nc(-c2ccc(-c3ccccc3)cc2)c2ccn(-c3ccc(C#N)cc3)c2n1. The topological polar surface area (TPSA) is 54.5 Å². The fraction of sp³-hybridized carbons (Fsp3) is 0.0385. The van der Waals surface area contributed by atoms with Gasteiger partial charge in [0.1, 0.15) is 5.65 Å². The Morgan fingerprint density at radius 2 is 1.45 bits per heavy atom. The number of aromatic nitrogens is 3. The molecular formula is C26H18N4S. The van der Waals surface area contributed by atoms with Crippen molar-refractivity contribution in [3.05, 3.63) is 96.7 Å². The van der Waals surface area contributed by atoms with Gasteiger partial charge in [-0.25, -0.2) is 9.97 Å². The number of thioether (sulfide) groups is 1. The van der Waals surface area contributed by atoms with Gasteiger partial charge >= 0.3 is 0 Å². The standard InChI is InChI=1S/C26H18N4S/c1-31-26-28-24(21-11-9-20(10-12-21)19-5-3-2-4-6-19)23-15-16-30(25(23)29-26)22-13-7-18(17-27)8-14-22/h2-16H,1H3. The molecule has 0 amide bonds. The van der Waals surface area contributed by atoms with Crippen LogP contribution in [0.1, 0.15) is 5.56 Å². The minimum Gasteiger partial charge on any atom is -0.301 e. The van der Waals surface area contributed by atoms with Crippen molar-refractivity contribution in [3.8, 4) is 34.1 Å². The second kappa shape index (κ2) is 8.10. The van der Waals surface area contributed by atoms with Crippen molar-refractivity contribution in [1.82, 2.24) is 14.5 Å². The van der Waals surface area contributed by atoms with E-state index in [4.69, 9.17) is 15.2 Å². The molecule has 5 aromatic rings. The molecule has 5 rings (SSSR count). The minimum atomic E-state index is 0.638. The molecule has 31 heavy (non-hydrogen) atoms. The lowest BCUT2D eigenvalue weighted by Gasteiger charge is -2.09. The monoisotopic (exact) mass is 418 g/mol. The molecule has 0 bridgehead atoms. The molecule has 0 saturated heterocycles. The van der Waals surface area contributed by atoms with Crippen molar-refractivity contribution in [2.45, 2.75) is 5.16 Å². The molecule has 0 atom stereocenters. The highest BCUT2D eigenvalue weighted by atomic mass is 32.2. The molecule has 0 radical (unpaired) electrons. The normalized spacial score (nSPS) is 10.8. The first-order valence-corrected chi connectivity index (χ1v) is 11.1. The number of benzene rings is 3. The van der Waals surface area contributed by atoms with Gasteiger partial charge in [-0.3, -0.25) is 0 Å². The predicted octanol–water partition coefficient (Wildman–Crippen LogP) is 6.35. The summed E-state index contributed by atoms with van der Waals surface area (Å²) in [6.07, 6.45) is 3.99. The smallest absolute Gasteiger partial charge is 0.189 e. The second-order valence-corrected chi connectivity index (χ2v) is 7.86. The fourth-order valence-corrected chi connectivity index (χ4v) is 4.02. The van der Waals surface area contributed by atoms with Crippen LogP contribution >= 0.6 is 11.8 Å². The number of fused-ring (bicyclic) bond motifs is 1. The van der Waals surface area contributed by atoms with Gasteiger partial charge in [0, 0.05) is 22.8 Å². The molecule has 148 valence electrons. The summed E-state index contributed by atoms with van der Waals surface area (Å²) in [5.74, 6) is 0. The summed E-state index contributed by atoms with van der Waals surface area (Å²) < 4.78 is 2.04. The van der Waals surface area contributed by atoms with E-state index in [1.165, 1.54) is 22.9 Å². The summed E-state index contributed by atoms with van der Waals surface area (Å²) in [6.45, 7) is 0. The minimum absolute atomic E-state index is 0.638. The largest absolute Gasteiger partial charge is 0.301 e. The zero-order chi connectivity index (χ0) is 21.2. The van der Waals surface area contributed by atoms with Crippen LogP contribution in [0.4, 0.5) is 0 Å². The van der Waals surface area contributed by atoms with Gasteiger partial charge in [0.05, 0.1) is 17.3 Å². The van der Waals surface area contributed by atoms with Gasteiger partial charge in [0.15, 0.2) is 5.16 Å². The maximum absolute atomic E-state index is 9.07. The summed E-state index contributed by atoms with van der Waals surface area (Å²) in [5, 5.41) is 10.8. The maximum Gasteiger partial charge on any atom is 0.189 e. The Labute approximate surface area is 184 Å². The molecule has 0 aliphatic rings. The van der Waals surface area contributed by atoms with Crippen LogP contribution in [-0.4, -0.2) is 20.8 Å². The first-order chi connectivity index (χ1) is 15.3. The Morgan fingerprint density at radius 1 is 0.774 bits per heavy atom. The molecule has 3 aromatic carbocycles. The van der Waals surface area contributed by atoms with Crippen molar-refractivity contribution < 1.29 is 0 Å². The molecule has 0 spiro atoms. The third kappa shape index (κ3) is 3.58. The van der Waals surface area contributed by atoms with Crippen LogP contribution in [0.3, 0.4) is 0 Å². The van der Waals surface area contributed by atoms with E-state index < -0.39 is 0 Å². The molecule has 0 aliphatic heterocycles. The molecule has 0 fully saturated rings. The van der Waals surface area contributed by atoms with Gasteiger partial charge in [-0.05, 0) is 47.7 Å². The Hall–Kier alpha value is -3.88. The third-order valence-electron chi connectivity index (χ3n) is 5.25. The first kappa shape index (κ1) is 19.1. The van der Waals surface area contributed by atoms with Gasteiger partial charge in [-0.2, -0.15) is 5.26 Å². The van der Waals surface area contributed by atoms with Gasteiger partial charge in [0.25, 0.3) is 0 Å². The van der Waals surface area contributed by atoms with Crippen LogP contribution in [0.5, 0.6) is 0 Å². The number of hydrogen-bond donors (Lipinski definition) is 0. The van der Waals surface area contributed by atoms with Crippen molar-refractivity contribution >= 4 is 22.8 Å². The van der Waals surface area contributed by atoms with E-state index in [-0.39, 0.29) is 0 Å². The highest BCUT2D eigenvalue weighted by Gasteiger charge is 2.14. The molecule has 0 aliphatic carbocycles. The molecular weight excluding hydrogens is 400 g/mol. The van der Waals surface area contributed by atoms with Crippen LogP contribution in [-0.2, 0) is 0 Å². The quantitative estimate of drug-likeness (QED) is 0.252. The summed E-state index contributed by atoms with van der Waals surface area (Å²) in [5.41, 5.74) is 6.80. The van der Waals surface area contributed by atoms with Gasteiger partial charge in [-0.15, -0.1) is 0 Å². The average Bonchev–Trinajstić information content (AvgIpc) is 3.28. The summed E-state index contributed by atoms with van der Waals surface area (Å²) in [7, 11) is 0. The second-order valence-electron chi connectivity index (χ2n) is 7.08. The van der Waals surface area contributed by atoms with E-state index in [2.05, 4.69) is 48.5 Å². The number of nitriles is 1. The molecule has 0 saturated carbocycles. The number of rotatable bonds is 4. The zero-order valence-electron chi connectivity index (χ0n) is 16.9. The van der Waals surface area contributed by atoms with Gasteiger partial charge in [0.2, 0.25) is 0 Å². The van der Waals surface area contributed by atoms with E-state index in [1.54, 1.807) is 0 Å². The summed E-state index contributed by atoms with van der Waals surface area (Å²) in [6, 6.07) is 30.6. The van der Waals surface area contributed by atoms with Crippen molar-refractivity contribution in [3.63, 3.8) is 0 Å². The molecule has 5 heteroatoms. The first-order valence-electron chi connectivity index (χ1n) is 9.86. The van der Waals surface area contributed by atoms with Crippen molar-refractivity contribution in [2.24, 2.45) is 0 Å². The number of nitrogens with zero attached hydrogens (tertiary/aromatic N) is 4. The van der Waals surface area contributed by atoms with E-state index in [0.717, 1.165) is 33.1 Å². The zero-order valence-corrected chi connectivity index (χ0v) is 17.7. The Kier molecular flexibility index (Phi) is 4.99. The van der Waals surface area contributed by atoms with Gasteiger partial charge in [-0.1, -0.05) is 66.4 Å². The Bertz CT molecular complexity index is 1400. The third-order valence-corrected chi connectivity index (χ3v) is 5.79.